The van der Waals surface area contributed by atoms with Crippen LogP contribution in [-0.2, 0) is 13.2 Å². The van der Waals surface area contributed by atoms with Crippen molar-refractivity contribution in [2.24, 2.45) is 0 Å². The lowest BCUT2D eigenvalue weighted by Crippen LogP contribution is -2.22. The van der Waals surface area contributed by atoms with Crippen molar-refractivity contribution >= 4 is 16.7 Å². The Morgan fingerprint density at radius 2 is 1.88 bits per heavy atom. The monoisotopic (exact) mass is 326 g/mol. The van der Waals surface area contributed by atoms with E-state index >= 15 is 0 Å². The van der Waals surface area contributed by atoms with Crippen LogP contribution >= 0.6 is 0 Å². The molecule has 24 heavy (non-hydrogen) atoms. The number of halogens is 1. The van der Waals surface area contributed by atoms with Gasteiger partial charge < -0.3 is 4.57 Å². The van der Waals surface area contributed by atoms with Gasteiger partial charge in [0.05, 0.1) is 6.54 Å². The quantitative estimate of drug-likeness (QED) is 0.572. The zero-order valence-electron chi connectivity index (χ0n) is 12.7. The Hall–Kier alpha value is -2.99. The molecule has 0 aliphatic rings. The highest BCUT2D eigenvalue weighted by Crippen LogP contribution is 2.15. The molecule has 0 aliphatic heterocycles. The van der Waals surface area contributed by atoms with E-state index in [1.807, 2.05) is 0 Å². The van der Waals surface area contributed by atoms with Gasteiger partial charge in [0.1, 0.15) is 6.67 Å². The van der Waals surface area contributed by atoms with Gasteiger partial charge in [0.2, 0.25) is 0 Å². The number of nitrogens with one attached hydrogen (secondary N) is 1. The molecule has 1 amide bonds. The molecular formula is C18H15FN2O3. The third kappa shape index (κ3) is 2.91. The number of fused-ring (bicyclic) bond motifs is 1. The highest BCUT2D eigenvalue weighted by Gasteiger charge is 2.10. The van der Waals surface area contributed by atoms with Crippen LogP contribution in [0.3, 0.4) is 0 Å². The molecule has 0 saturated heterocycles. The fourth-order valence-electron chi connectivity index (χ4n) is 2.64. The highest BCUT2D eigenvalue weighted by molar-refractivity contribution is 5.97. The zero-order chi connectivity index (χ0) is 17.1. The minimum absolute atomic E-state index is 0.184. The van der Waals surface area contributed by atoms with E-state index in [1.54, 1.807) is 48.1 Å². The maximum Gasteiger partial charge on any atom is 0.274 e. The van der Waals surface area contributed by atoms with Crippen LogP contribution in [0.15, 0.2) is 59.5 Å². The average Bonchev–Trinajstić information content (AvgIpc) is 2.63. The Kier molecular flexibility index (Phi) is 4.39. The molecule has 0 unspecified atom stereocenters. The molecule has 2 aromatic carbocycles. The Labute approximate surface area is 136 Å². The van der Waals surface area contributed by atoms with E-state index < -0.39 is 12.6 Å². The van der Waals surface area contributed by atoms with E-state index in [0.717, 1.165) is 5.56 Å². The van der Waals surface area contributed by atoms with Gasteiger partial charge in [-0.25, -0.2) is 9.87 Å². The van der Waals surface area contributed by atoms with Crippen LogP contribution in [0.4, 0.5) is 4.39 Å². The predicted octanol–water partition coefficient (Wildman–Crippen LogP) is 2.64. The standard InChI is InChI=1S/C18H15FN2O3/c19-10-14-3-1-2-4-15(14)11-21-8-7-12-5-6-13(17(22)20-24)9-16(12)18(21)23/h1-9,24H,10-11H2,(H,20,22). The van der Waals surface area contributed by atoms with Crippen molar-refractivity contribution in [3.05, 3.63) is 81.8 Å². The summed E-state index contributed by atoms with van der Waals surface area (Å²) in [6, 6.07) is 13.4. The average molecular weight is 326 g/mol. The molecular weight excluding hydrogens is 311 g/mol. The number of carbonyl (C=O) groups is 1. The topological polar surface area (TPSA) is 71.3 Å². The van der Waals surface area contributed by atoms with Gasteiger partial charge in [-0.2, -0.15) is 0 Å². The second kappa shape index (κ2) is 6.64. The van der Waals surface area contributed by atoms with Crippen LogP contribution in [0.5, 0.6) is 0 Å². The number of amides is 1. The summed E-state index contributed by atoms with van der Waals surface area (Å²) in [6.07, 6.45) is 1.64. The molecule has 0 aliphatic carbocycles. The number of aromatic nitrogens is 1. The predicted molar refractivity (Wildman–Crippen MR) is 87.8 cm³/mol. The maximum atomic E-state index is 13.1. The summed E-state index contributed by atoms with van der Waals surface area (Å²) in [5.41, 5.74) is 2.71. The number of benzene rings is 2. The van der Waals surface area contributed by atoms with Crippen molar-refractivity contribution < 1.29 is 14.4 Å². The van der Waals surface area contributed by atoms with Crippen molar-refractivity contribution in [2.75, 3.05) is 0 Å². The fourth-order valence-corrected chi connectivity index (χ4v) is 2.64. The summed E-state index contributed by atoms with van der Waals surface area (Å²) in [5.74, 6) is -0.686. The van der Waals surface area contributed by atoms with Crippen LogP contribution in [0.1, 0.15) is 21.5 Å². The maximum absolute atomic E-state index is 13.1. The largest absolute Gasteiger partial charge is 0.311 e. The number of hydrogen-bond acceptors (Lipinski definition) is 3. The molecule has 2 N–H and O–H groups in total. The van der Waals surface area contributed by atoms with Gasteiger partial charge in [-0.05, 0) is 34.7 Å². The van der Waals surface area contributed by atoms with Gasteiger partial charge in [-0.3, -0.25) is 14.8 Å². The minimum atomic E-state index is -0.686. The first-order valence-electron chi connectivity index (χ1n) is 7.34. The first kappa shape index (κ1) is 15.9. The van der Waals surface area contributed by atoms with Gasteiger partial charge >= 0.3 is 0 Å². The summed E-state index contributed by atoms with van der Waals surface area (Å²) in [5, 5.41) is 9.76. The number of hydroxylamine groups is 1. The number of nitrogens with zero attached hydrogens (tertiary/aromatic N) is 1. The lowest BCUT2D eigenvalue weighted by atomic mass is 10.1. The van der Waals surface area contributed by atoms with Crippen molar-refractivity contribution in [3.8, 4) is 0 Å². The number of rotatable bonds is 4. The van der Waals surface area contributed by atoms with Crippen LogP contribution in [0, 0.1) is 0 Å². The van der Waals surface area contributed by atoms with Crippen molar-refractivity contribution in [2.45, 2.75) is 13.2 Å². The SMILES string of the molecule is O=C(NO)c1ccc2ccn(Cc3ccccc3CF)c(=O)c2c1. The third-order valence-corrected chi connectivity index (χ3v) is 3.95. The molecule has 0 spiro atoms. The van der Waals surface area contributed by atoms with Gasteiger partial charge in [0, 0.05) is 17.1 Å². The number of pyridine rings is 1. The van der Waals surface area contributed by atoms with Crippen LogP contribution in [0.2, 0.25) is 0 Å². The molecule has 0 radical (unpaired) electrons. The Bertz CT molecular complexity index is 966. The van der Waals surface area contributed by atoms with Crippen LogP contribution in [0.25, 0.3) is 10.8 Å². The minimum Gasteiger partial charge on any atom is -0.311 e. The van der Waals surface area contributed by atoms with Gasteiger partial charge in [0.15, 0.2) is 0 Å². The molecule has 0 atom stereocenters. The second-order valence-corrected chi connectivity index (χ2v) is 5.39. The molecule has 3 rings (SSSR count). The van der Waals surface area contributed by atoms with E-state index in [4.69, 9.17) is 5.21 Å². The van der Waals surface area contributed by atoms with Crippen molar-refractivity contribution in [1.29, 1.82) is 0 Å². The summed E-state index contributed by atoms with van der Waals surface area (Å²) in [4.78, 5) is 24.2. The molecule has 0 bridgehead atoms. The summed E-state index contributed by atoms with van der Waals surface area (Å²) >= 11 is 0. The van der Waals surface area contributed by atoms with Crippen LogP contribution < -0.4 is 11.0 Å². The lowest BCUT2D eigenvalue weighted by Gasteiger charge is -2.10. The normalized spacial score (nSPS) is 10.8. The molecule has 0 fully saturated rings. The third-order valence-electron chi connectivity index (χ3n) is 3.95. The van der Waals surface area contributed by atoms with E-state index in [1.165, 1.54) is 16.7 Å². The van der Waals surface area contributed by atoms with E-state index in [-0.39, 0.29) is 17.7 Å². The summed E-state index contributed by atoms with van der Waals surface area (Å²) in [6.45, 7) is -0.357. The molecule has 5 nitrogen and oxygen atoms in total. The number of hydrogen-bond donors (Lipinski definition) is 2. The second-order valence-electron chi connectivity index (χ2n) is 5.39. The molecule has 6 heteroatoms. The summed E-state index contributed by atoms with van der Waals surface area (Å²) in [7, 11) is 0. The molecule has 1 heterocycles. The van der Waals surface area contributed by atoms with Crippen molar-refractivity contribution in [1.82, 2.24) is 10.0 Å². The number of alkyl halides is 1. The molecule has 0 saturated carbocycles. The van der Waals surface area contributed by atoms with E-state index in [2.05, 4.69) is 0 Å². The summed E-state index contributed by atoms with van der Waals surface area (Å²) < 4.78 is 14.5. The first-order valence-corrected chi connectivity index (χ1v) is 7.34. The molecule has 3 aromatic rings. The Balaban J connectivity index is 2.07. The van der Waals surface area contributed by atoms with Gasteiger partial charge in [-0.15, -0.1) is 0 Å². The lowest BCUT2D eigenvalue weighted by molar-refractivity contribution is 0.0706. The first-order chi connectivity index (χ1) is 11.6. The van der Waals surface area contributed by atoms with Crippen molar-refractivity contribution in [3.63, 3.8) is 0 Å². The highest BCUT2D eigenvalue weighted by atomic mass is 19.1. The Morgan fingerprint density at radius 3 is 2.58 bits per heavy atom. The number of carbonyl (C=O) groups excluding carboxylic acids is 1. The Morgan fingerprint density at radius 1 is 1.12 bits per heavy atom. The van der Waals surface area contributed by atoms with E-state index in [0.29, 0.717) is 16.3 Å². The van der Waals surface area contributed by atoms with Crippen LogP contribution in [-0.4, -0.2) is 15.7 Å². The zero-order valence-corrected chi connectivity index (χ0v) is 12.7. The molecule has 122 valence electrons. The molecule has 1 aromatic heterocycles. The van der Waals surface area contributed by atoms with Gasteiger partial charge in [-0.1, -0.05) is 30.3 Å². The smallest absolute Gasteiger partial charge is 0.274 e. The fraction of sp³-hybridized carbons (Fsp3) is 0.111. The van der Waals surface area contributed by atoms with Gasteiger partial charge in [0.25, 0.3) is 11.5 Å². The van der Waals surface area contributed by atoms with E-state index in [9.17, 15) is 14.0 Å².